The lowest BCUT2D eigenvalue weighted by atomic mass is 10.1. The van der Waals surface area contributed by atoms with E-state index in [0.29, 0.717) is 29.7 Å². The standard InChI is InChI=1S/C20H34ClN3O3/c1-7-26-17-11-15(13-22-9-8-10-24(5)6)16(21)12-18(17)27-14-19(25)23-20(2,3)4/h11-12,22H,7-10,13-14H2,1-6H3,(H,23,25). The first kappa shape index (κ1) is 23.5. The molecule has 0 heterocycles. The van der Waals surface area contributed by atoms with Crippen LogP contribution in [0, 0.1) is 0 Å². The van der Waals surface area contributed by atoms with Crippen molar-refractivity contribution >= 4 is 17.5 Å². The first-order valence-corrected chi connectivity index (χ1v) is 9.74. The molecule has 1 aromatic rings. The molecule has 154 valence electrons. The molecule has 27 heavy (non-hydrogen) atoms. The highest BCUT2D eigenvalue weighted by atomic mass is 35.5. The lowest BCUT2D eigenvalue weighted by Gasteiger charge is -2.21. The van der Waals surface area contributed by atoms with Crippen LogP contribution in [0.5, 0.6) is 11.5 Å². The summed E-state index contributed by atoms with van der Waals surface area (Å²) < 4.78 is 11.3. The molecular weight excluding hydrogens is 366 g/mol. The molecule has 1 rings (SSSR count). The van der Waals surface area contributed by atoms with Crippen LogP contribution >= 0.6 is 11.6 Å². The second-order valence-electron chi connectivity index (χ2n) is 7.74. The Balaban J connectivity index is 2.70. The normalized spacial score (nSPS) is 11.6. The number of ether oxygens (including phenoxy) is 2. The molecule has 0 spiro atoms. The molecule has 0 saturated heterocycles. The highest BCUT2D eigenvalue weighted by Gasteiger charge is 2.16. The van der Waals surface area contributed by atoms with Crippen LogP contribution in [0.25, 0.3) is 0 Å². The van der Waals surface area contributed by atoms with Crippen molar-refractivity contribution in [1.29, 1.82) is 0 Å². The summed E-state index contributed by atoms with van der Waals surface area (Å²) >= 11 is 6.40. The molecular formula is C20H34ClN3O3. The molecule has 0 radical (unpaired) electrons. The SMILES string of the molecule is CCOc1cc(CNCCCN(C)C)c(Cl)cc1OCC(=O)NC(C)(C)C. The molecule has 2 N–H and O–H groups in total. The first-order valence-electron chi connectivity index (χ1n) is 9.37. The zero-order chi connectivity index (χ0) is 20.4. The van der Waals surface area contributed by atoms with Gasteiger partial charge in [0.2, 0.25) is 0 Å². The van der Waals surface area contributed by atoms with Crippen molar-refractivity contribution in [2.75, 3.05) is 40.4 Å². The van der Waals surface area contributed by atoms with E-state index in [4.69, 9.17) is 21.1 Å². The molecule has 0 aliphatic carbocycles. The van der Waals surface area contributed by atoms with E-state index < -0.39 is 0 Å². The van der Waals surface area contributed by atoms with Crippen LogP contribution in [-0.2, 0) is 11.3 Å². The molecule has 0 aliphatic rings. The van der Waals surface area contributed by atoms with E-state index in [-0.39, 0.29) is 18.1 Å². The third-order valence-corrected chi connectivity index (χ3v) is 3.91. The topological polar surface area (TPSA) is 62.8 Å². The van der Waals surface area contributed by atoms with Crippen LogP contribution < -0.4 is 20.1 Å². The Morgan fingerprint density at radius 1 is 1.19 bits per heavy atom. The Morgan fingerprint density at radius 2 is 1.85 bits per heavy atom. The Hall–Kier alpha value is -1.50. The van der Waals surface area contributed by atoms with E-state index in [1.807, 2.05) is 33.8 Å². The molecule has 0 bridgehead atoms. The maximum atomic E-state index is 12.0. The zero-order valence-electron chi connectivity index (χ0n) is 17.4. The third kappa shape index (κ3) is 9.84. The lowest BCUT2D eigenvalue weighted by Crippen LogP contribution is -2.43. The van der Waals surface area contributed by atoms with Crippen LogP contribution in [0.3, 0.4) is 0 Å². The minimum Gasteiger partial charge on any atom is -0.490 e. The van der Waals surface area contributed by atoms with Crippen molar-refractivity contribution < 1.29 is 14.3 Å². The van der Waals surface area contributed by atoms with Gasteiger partial charge in [-0.3, -0.25) is 4.79 Å². The molecule has 0 atom stereocenters. The number of carbonyl (C=O) groups excluding carboxylic acids is 1. The number of rotatable bonds is 11. The minimum atomic E-state index is -0.303. The number of hydrogen-bond donors (Lipinski definition) is 2. The van der Waals surface area contributed by atoms with Gasteiger partial charge in [-0.2, -0.15) is 0 Å². The smallest absolute Gasteiger partial charge is 0.258 e. The molecule has 7 heteroatoms. The summed E-state index contributed by atoms with van der Waals surface area (Å²) in [6.07, 6.45) is 1.06. The fourth-order valence-corrected chi connectivity index (χ4v) is 2.66. The summed E-state index contributed by atoms with van der Waals surface area (Å²) in [5, 5.41) is 6.84. The van der Waals surface area contributed by atoms with Gasteiger partial charge in [-0.15, -0.1) is 0 Å². The van der Waals surface area contributed by atoms with Crippen LogP contribution in [0.15, 0.2) is 12.1 Å². The van der Waals surface area contributed by atoms with Crippen molar-refractivity contribution in [3.63, 3.8) is 0 Å². The predicted octanol–water partition coefficient (Wildman–Crippen LogP) is 3.07. The summed E-state index contributed by atoms with van der Waals surface area (Å²) in [6.45, 7) is 10.7. The van der Waals surface area contributed by atoms with Crippen LogP contribution in [-0.4, -0.2) is 56.7 Å². The quantitative estimate of drug-likeness (QED) is 0.560. The summed E-state index contributed by atoms with van der Waals surface area (Å²) in [4.78, 5) is 14.1. The van der Waals surface area contributed by atoms with Crippen LogP contribution in [0.2, 0.25) is 5.02 Å². The third-order valence-electron chi connectivity index (χ3n) is 3.56. The van der Waals surface area contributed by atoms with Crippen molar-refractivity contribution in [3.05, 3.63) is 22.7 Å². The molecule has 0 aromatic heterocycles. The van der Waals surface area contributed by atoms with Gasteiger partial charge in [0.15, 0.2) is 18.1 Å². The maximum Gasteiger partial charge on any atom is 0.258 e. The van der Waals surface area contributed by atoms with Gasteiger partial charge in [0.1, 0.15) is 0 Å². The average Bonchev–Trinajstić information content (AvgIpc) is 2.53. The fourth-order valence-electron chi connectivity index (χ4n) is 2.43. The summed E-state index contributed by atoms with van der Waals surface area (Å²) in [6, 6.07) is 3.59. The summed E-state index contributed by atoms with van der Waals surface area (Å²) in [5.41, 5.74) is 0.639. The second-order valence-corrected chi connectivity index (χ2v) is 8.15. The Bertz CT molecular complexity index is 601. The molecule has 1 amide bonds. The van der Waals surface area contributed by atoms with Crippen molar-refractivity contribution in [2.45, 2.75) is 46.2 Å². The molecule has 0 aliphatic heterocycles. The molecule has 0 fully saturated rings. The van der Waals surface area contributed by atoms with Gasteiger partial charge in [0, 0.05) is 23.2 Å². The largest absolute Gasteiger partial charge is 0.490 e. The number of halogens is 1. The Morgan fingerprint density at radius 3 is 2.44 bits per heavy atom. The van der Waals surface area contributed by atoms with Crippen molar-refractivity contribution in [1.82, 2.24) is 15.5 Å². The molecule has 6 nitrogen and oxygen atoms in total. The number of benzene rings is 1. The van der Waals surface area contributed by atoms with Gasteiger partial charge in [0.05, 0.1) is 6.61 Å². The summed E-state index contributed by atoms with van der Waals surface area (Å²) in [7, 11) is 4.12. The number of amides is 1. The Labute approximate surface area is 168 Å². The zero-order valence-corrected chi connectivity index (χ0v) is 18.2. The van der Waals surface area contributed by atoms with E-state index in [2.05, 4.69) is 29.6 Å². The lowest BCUT2D eigenvalue weighted by molar-refractivity contribution is -0.124. The van der Waals surface area contributed by atoms with Crippen LogP contribution in [0.4, 0.5) is 0 Å². The Kier molecular flexibility index (Phi) is 9.91. The molecule has 0 unspecified atom stereocenters. The number of nitrogens with zero attached hydrogens (tertiary/aromatic N) is 1. The molecule has 0 saturated carbocycles. The monoisotopic (exact) mass is 399 g/mol. The van der Waals surface area contributed by atoms with Gasteiger partial charge in [0.25, 0.3) is 5.91 Å². The van der Waals surface area contributed by atoms with Gasteiger partial charge < -0.3 is 25.0 Å². The number of carbonyl (C=O) groups is 1. The second kappa shape index (κ2) is 11.4. The first-order chi connectivity index (χ1) is 12.6. The maximum absolute atomic E-state index is 12.0. The van der Waals surface area contributed by atoms with Gasteiger partial charge >= 0.3 is 0 Å². The fraction of sp³-hybridized carbons (Fsp3) is 0.650. The van der Waals surface area contributed by atoms with Gasteiger partial charge in [-0.05, 0) is 72.9 Å². The van der Waals surface area contributed by atoms with Crippen molar-refractivity contribution in [2.24, 2.45) is 0 Å². The van der Waals surface area contributed by atoms with E-state index in [1.165, 1.54) is 0 Å². The summed E-state index contributed by atoms with van der Waals surface area (Å²) in [5.74, 6) is 0.880. The van der Waals surface area contributed by atoms with Gasteiger partial charge in [-0.1, -0.05) is 11.6 Å². The molecule has 1 aromatic carbocycles. The van der Waals surface area contributed by atoms with E-state index in [0.717, 1.165) is 25.1 Å². The van der Waals surface area contributed by atoms with Gasteiger partial charge in [-0.25, -0.2) is 0 Å². The minimum absolute atomic E-state index is 0.0875. The van der Waals surface area contributed by atoms with E-state index in [1.54, 1.807) is 6.07 Å². The van der Waals surface area contributed by atoms with E-state index in [9.17, 15) is 4.79 Å². The average molecular weight is 400 g/mol. The van der Waals surface area contributed by atoms with E-state index >= 15 is 0 Å². The number of nitrogens with one attached hydrogen (secondary N) is 2. The van der Waals surface area contributed by atoms with Crippen LogP contribution in [0.1, 0.15) is 39.7 Å². The predicted molar refractivity (Wildman–Crippen MR) is 111 cm³/mol. The highest BCUT2D eigenvalue weighted by molar-refractivity contribution is 6.31. The number of hydrogen-bond acceptors (Lipinski definition) is 5. The van der Waals surface area contributed by atoms with Crippen molar-refractivity contribution in [3.8, 4) is 11.5 Å². The highest BCUT2D eigenvalue weighted by Crippen LogP contribution is 2.33.